The Morgan fingerprint density at radius 2 is 2.05 bits per heavy atom. The van der Waals surface area contributed by atoms with Gasteiger partial charge in [-0.15, -0.1) is 0 Å². The second kappa shape index (κ2) is 9.07. The molecule has 0 radical (unpaired) electrons. The molecule has 2 atom stereocenters. The van der Waals surface area contributed by atoms with Crippen LogP contribution in [0.4, 0.5) is 0 Å². The largest absolute Gasteiger partial charge is 1.00 e. The minimum atomic E-state index is -4.22. The van der Waals surface area contributed by atoms with Crippen LogP contribution in [0.3, 0.4) is 0 Å². The Hall–Kier alpha value is -0.183. The van der Waals surface area contributed by atoms with Crippen molar-refractivity contribution in [1.82, 2.24) is 0 Å². The number of halogens is 2. The molecule has 1 aromatic rings. The van der Waals surface area contributed by atoms with Gasteiger partial charge in [-0.1, -0.05) is 23.2 Å². The number of benzene rings is 1. The molecule has 0 amide bonds. The van der Waals surface area contributed by atoms with Gasteiger partial charge in [0.2, 0.25) is 0 Å². The van der Waals surface area contributed by atoms with Crippen molar-refractivity contribution in [2.24, 2.45) is 0 Å². The molecule has 112 valence electrons. The van der Waals surface area contributed by atoms with Gasteiger partial charge in [-0.3, -0.25) is 0 Å². The number of carbonyl (C=O) groups is 1. The summed E-state index contributed by atoms with van der Waals surface area (Å²) in [5.41, 5.74) is 0. The number of esters is 1. The maximum atomic E-state index is 11.4. The quantitative estimate of drug-likeness (QED) is 0.390. The van der Waals surface area contributed by atoms with Gasteiger partial charge in [-0.25, -0.2) is 4.79 Å². The molecule has 10 heteroatoms. The average molecular weight is 349 g/mol. The van der Waals surface area contributed by atoms with E-state index in [1.54, 1.807) is 0 Å². The topological polar surface area (TPSA) is 84.9 Å². The SMILES string of the molecule is COP(=O)([O-])C(C)OC(=O)COc1ccc(Cl)cc1Cl.[Li+]. The molecule has 1 aromatic carbocycles. The third-order valence-electron chi connectivity index (χ3n) is 2.24. The summed E-state index contributed by atoms with van der Waals surface area (Å²) >= 11 is 11.5. The van der Waals surface area contributed by atoms with Crippen molar-refractivity contribution in [3.05, 3.63) is 28.2 Å². The minimum absolute atomic E-state index is 0. The predicted octanol–water partition coefficient (Wildman–Crippen LogP) is -0.535. The second-order valence-electron chi connectivity index (χ2n) is 3.67. The molecular weight excluding hydrogens is 337 g/mol. The number of rotatable bonds is 6. The third-order valence-corrected chi connectivity index (χ3v) is 4.28. The van der Waals surface area contributed by atoms with Crippen LogP contribution in [0, 0.1) is 0 Å². The zero-order valence-corrected chi connectivity index (χ0v) is 14.1. The van der Waals surface area contributed by atoms with Gasteiger partial charge in [-0.2, -0.15) is 0 Å². The fourth-order valence-corrected chi connectivity index (χ4v) is 2.17. The van der Waals surface area contributed by atoms with Crippen molar-refractivity contribution < 1.29 is 47.1 Å². The van der Waals surface area contributed by atoms with E-state index in [1.165, 1.54) is 25.1 Å². The molecule has 0 saturated heterocycles. The van der Waals surface area contributed by atoms with Gasteiger partial charge >= 0.3 is 24.8 Å². The van der Waals surface area contributed by atoms with Gasteiger partial charge in [0.15, 0.2) is 20.0 Å². The van der Waals surface area contributed by atoms with Crippen LogP contribution in [0.2, 0.25) is 10.0 Å². The van der Waals surface area contributed by atoms with Gasteiger partial charge in [0, 0.05) is 12.1 Å². The van der Waals surface area contributed by atoms with Gasteiger partial charge < -0.3 is 23.5 Å². The number of ether oxygens (including phenoxy) is 2. The Balaban J connectivity index is 0.00000400. The van der Waals surface area contributed by atoms with Crippen LogP contribution in [0.25, 0.3) is 0 Å². The minimum Gasteiger partial charge on any atom is -0.776 e. The first kappa shape index (κ1) is 20.8. The fraction of sp³-hybridized carbons (Fsp3) is 0.364. The summed E-state index contributed by atoms with van der Waals surface area (Å²) in [6.07, 6.45) is 0. The molecule has 0 aliphatic heterocycles. The molecule has 0 saturated carbocycles. The smallest absolute Gasteiger partial charge is 0.776 e. The molecule has 0 aliphatic rings. The molecule has 21 heavy (non-hydrogen) atoms. The van der Waals surface area contributed by atoms with Crippen molar-refractivity contribution in [3.63, 3.8) is 0 Å². The van der Waals surface area contributed by atoms with Crippen LogP contribution < -0.4 is 28.5 Å². The normalized spacial score (nSPS) is 14.5. The molecule has 6 nitrogen and oxygen atoms in total. The van der Waals surface area contributed by atoms with Crippen LogP contribution in [0.1, 0.15) is 6.92 Å². The first-order chi connectivity index (χ1) is 9.26. The Morgan fingerprint density at radius 1 is 1.43 bits per heavy atom. The van der Waals surface area contributed by atoms with E-state index in [1.807, 2.05) is 0 Å². The van der Waals surface area contributed by atoms with Gasteiger partial charge in [0.05, 0.1) is 5.02 Å². The van der Waals surface area contributed by atoms with E-state index >= 15 is 0 Å². The van der Waals surface area contributed by atoms with E-state index in [9.17, 15) is 14.3 Å². The van der Waals surface area contributed by atoms with Crippen LogP contribution in [-0.4, -0.2) is 25.5 Å². The maximum absolute atomic E-state index is 11.4. The van der Waals surface area contributed by atoms with E-state index in [0.717, 1.165) is 7.11 Å². The fourth-order valence-electron chi connectivity index (χ4n) is 1.17. The monoisotopic (exact) mass is 348 g/mol. The van der Waals surface area contributed by atoms with Crippen LogP contribution in [0.15, 0.2) is 18.2 Å². The van der Waals surface area contributed by atoms with Crippen molar-refractivity contribution in [2.75, 3.05) is 13.7 Å². The van der Waals surface area contributed by atoms with E-state index < -0.39 is 26.0 Å². The summed E-state index contributed by atoms with van der Waals surface area (Å²) in [5, 5.41) is 0.649. The number of hydrogen-bond acceptors (Lipinski definition) is 6. The molecule has 0 fully saturated rings. The van der Waals surface area contributed by atoms with Gasteiger partial charge in [0.1, 0.15) is 5.75 Å². The first-order valence-corrected chi connectivity index (χ1v) is 7.77. The molecule has 1 rings (SSSR count). The molecule has 0 aliphatic carbocycles. The molecule has 2 unspecified atom stereocenters. The summed E-state index contributed by atoms with van der Waals surface area (Å²) in [4.78, 5) is 22.7. The van der Waals surface area contributed by atoms with Gasteiger partial charge in [0.25, 0.3) is 0 Å². The first-order valence-electron chi connectivity index (χ1n) is 5.40. The van der Waals surface area contributed by atoms with Crippen LogP contribution in [0.5, 0.6) is 5.75 Å². The molecular formula is C11H12Cl2LiO6P. The zero-order valence-electron chi connectivity index (χ0n) is 11.7. The molecule has 0 N–H and O–H groups in total. The second-order valence-corrected chi connectivity index (χ2v) is 6.69. The number of hydrogen-bond donors (Lipinski definition) is 0. The van der Waals surface area contributed by atoms with E-state index in [2.05, 4.69) is 9.26 Å². The van der Waals surface area contributed by atoms with Crippen molar-refractivity contribution >= 4 is 36.8 Å². The molecule has 0 bridgehead atoms. The van der Waals surface area contributed by atoms with Crippen molar-refractivity contribution in [1.29, 1.82) is 0 Å². The molecule has 0 spiro atoms. The van der Waals surface area contributed by atoms with E-state index in [0.29, 0.717) is 5.02 Å². The summed E-state index contributed by atoms with van der Waals surface area (Å²) in [7, 11) is -3.23. The Kier molecular flexibility index (Phi) is 8.99. The summed E-state index contributed by atoms with van der Waals surface area (Å²) in [6.45, 7) is 0.694. The average Bonchev–Trinajstić information content (AvgIpc) is 2.37. The molecule has 0 aromatic heterocycles. The van der Waals surface area contributed by atoms with Crippen molar-refractivity contribution in [2.45, 2.75) is 12.8 Å². The standard InChI is InChI=1S/C11H13Cl2O6P.Li/c1-7(20(15,16)17-2)19-11(14)6-18-10-4-3-8(12)5-9(10)13;/h3-5,7H,6H2,1-2H3,(H,15,16);/q;+1/p-1. The Bertz CT molecular complexity index is 541. The van der Waals surface area contributed by atoms with Crippen LogP contribution in [-0.2, 0) is 18.6 Å². The van der Waals surface area contributed by atoms with E-state index in [-0.39, 0.29) is 29.6 Å². The Morgan fingerprint density at radius 3 is 2.57 bits per heavy atom. The predicted molar refractivity (Wildman–Crippen MR) is 72.1 cm³/mol. The Labute approximate surface area is 144 Å². The summed E-state index contributed by atoms with van der Waals surface area (Å²) in [6, 6.07) is 4.46. The van der Waals surface area contributed by atoms with Crippen molar-refractivity contribution in [3.8, 4) is 5.75 Å². The summed E-state index contributed by atoms with van der Waals surface area (Å²) < 4.78 is 25.3. The number of carbonyl (C=O) groups excluding carboxylic acids is 1. The third kappa shape index (κ3) is 6.62. The zero-order chi connectivity index (χ0) is 15.3. The van der Waals surface area contributed by atoms with Gasteiger partial charge in [-0.05, 0) is 25.1 Å². The summed E-state index contributed by atoms with van der Waals surface area (Å²) in [5.74, 6) is -2.03. The van der Waals surface area contributed by atoms with Crippen LogP contribution >= 0.6 is 30.8 Å². The van der Waals surface area contributed by atoms with E-state index in [4.69, 9.17) is 27.9 Å². The maximum Gasteiger partial charge on any atom is 1.00 e. The molecule has 0 heterocycles.